The van der Waals surface area contributed by atoms with Gasteiger partial charge in [0.2, 0.25) is 10.0 Å². The topological polar surface area (TPSA) is 58.6 Å². The molecule has 2 aromatic rings. The Balaban J connectivity index is 1.74. The van der Waals surface area contributed by atoms with Gasteiger partial charge in [0.25, 0.3) is 0 Å². The SMILES string of the molecule is COc1ccc(Br)cc1S(=O)(=O)N[C@@H](C)c1ccc(N2CCC(C)CC2)cc1. The quantitative estimate of drug-likeness (QED) is 0.667. The molecule has 0 saturated carbocycles. The number of nitrogens with one attached hydrogen (secondary N) is 1. The summed E-state index contributed by atoms with van der Waals surface area (Å²) in [4.78, 5) is 2.51. The Kier molecular flexibility index (Phi) is 6.68. The Morgan fingerprint density at radius 1 is 1.14 bits per heavy atom. The van der Waals surface area contributed by atoms with Crippen LogP contribution in [0.1, 0.15) is 38.3 Å². The van der Waals surface area contributed by atoms with Crippen LogP contribution in [0.15, 0.2) is 51.8 Å². The van der Waals surface area contributed by atoms with Crippen molar-refractivity contribution in [1.29, 1.82) is 0 Å². The van der Waals surface area contributed by atoms with Gasteiger partial charge < -0.3 is 9.64 Å². The molecule has 1 saturated heterocycles. The number of hydrogen-bond donors (Lipinski definition) is 1. The summed E-state index contributed by atoms with van der Waals surface area (Å²) < 4.78 is 34.4. The van der Waals surface area contributed by atoms with Crippen molar-refractivity contribution in [2.24, 2.45) is 5.92 Å². The number of methoxy groups -OCH3 is 1. The van der Waals surface area contributed by atoms with Gasteiger partial charge in [0.05, 0.1) is 7.11 Å². The fraction of sp³-hybridized carbons (Fsp3) is 0.429. The lowest BCUT2D eigenvalue weighted by molar-refractivity contribution is 0.402. The zero-order valence-electron chi connectivity index (χ0n) is 16.5. The maximum Gasteiger partial charge on any atom is 0.244 e. The molecule has 1 aliphatic heterocycles. The van der Waals surface area contributed by atoms with Crippen LogP contribution in [0.4, 0.5) is 5.69 Å². The van der Waals surface area contributed by atoms with Crippen molar-refractivity contribution in [3.05, 3.63) is 52.5 Å². The van der Waals surface area contributed by atoms with Crippen LogP contribution < -0.4 is 14.4 Å². The third-order valence-corrected chi connectivity index (χ3v) is 7.34. The van der Waals surface area contributed by atoms with Crippen LogP contribution in [-0.4, -0.2) is 28.6 Å². The van der Waals surface area contributed by atoms with Gasteiger partial charge in [-0.2, -0.15) is 0 Å². The summed E-state index contributed by atoms with van der Waals surface area (Å²) in [5, 5.41) is 0. The van der Waals surface area contributed by atoms with E-state index in [1.54, 1.807) is 18.2 Å². The Labute approximate surface area is 176 Å². The van der Waals surface area contributed by atoms with E-state index in [2.05, 4.69) is 44.6 Å². The van der Waals surface area contributed by atoms with Crippen LogP contribution in [0.2, 0.25) is 0 Å². The lowest BCUT2D eigenvalue weighted by atomic mass is 9.98. The van der Waals surface area contributed by atoms with E-state index in [1.165, 1.54) is 25.6 Å². The highest BCUT2D eigenvalue weighted by Crippen LogP contribution is 2.29. The number of rotatable bonds is 6. The zero-order valence-corrected chi connectivity index (χ0v) is 18.9. The number of nitrogens with zero attached hydrogens (tertiary/aromatic N) is 1. The monoisotopic (exact) mass is 466 g/mol. The summed E-state index contributed by atoms with van der Waals surface area (Å²) in [5.41, 5.74) is 2.12. The standard InChI is InChI=1S/C21H27BrN2O3S/c1-15-10-12-24(13-11-15)19-7-4-17(5-8-19)16(2)23-28(25,26)21-14-18(22)6-9-20(21)27-3/h4-9,14-16,23H,10-13H2,1-3H3/t16-/m0/s1. The van der Waals surface area contributed by atoms with E-state index in [-0.39, 0.29) is 10.9 Å². The lowest BCUT2D eigenvalue weighted by Gasteiger charge is -2.32. The molecule has 1 fully saturated rings. The van der Waals surface area contributed by atoms with Gasteiger partial charge in [0.1, 0.15) is 10.6 Å². The predicted molar refractivity (Wildman–Crippen MR) is 116 cm³/mol. The molecule has 152 valence electrons. The first-order chi connectivity index (χ1) is 13.3. The van der Waals surface area contributed by atoms with Crippen molar-refractivity contribution in [1.82, 2.24) is 4.72 Å². The minimum atomic E-state index is -3.73. The third kappa shape index (κ3) is 4.88. The molecular weight excluding hydrogens is 440 g/mol. The van der Waals surface area contributed by atoms with Crippen LogP contribution in [0.3, 0.4) is 0 Å². The summed E-state index contributed by atoms with van der Waals surface area (Å²) in [6.45, 7) is 6.30. The van der Waals surface area contributed by atoms with Crippen molar-refractivity contribution in [2.75, 3.05) is 25.1 Å². The van der Waals surface area contributed by atoms with Gasteiger partial charge in [0.15, 0.2) is 0 Å². The van der Waals surface area contributed by atoms with Gasteiger partial charge >= 0.3 is 0 Å². The number of hydrogen-bond acceptors (Lipinski definition) is 4. The summed E-state index contributed by atoms with van der Waals surface area (Å²) in [5.74, 6) is 1.11. The first-order valence-corrected chi connectivity index (χ1v) is 11.8. The van der Waals surface area contributed by atoms with Gasteiger partial charge in [-0.25, -0.2) is 13.1 Å². The number of benzene rings is 2. The van der Waals surface area contributed by atoms with Crippen molar-refractivity contribution in [3.8, 4) is 5.75 Å². The summed E-state index contributed by atoms with van der Waals surface area (Å²) in [6, 6.07) is 12.7. The van der Waals surface area contributed by atoms with E-state index in [1.807, 2.05) is 19.1 Å². The van der Waals surface area contributed by atoms with Crippen molar-refractivity contribution >= 4 is 31.6 Å². The Bertz CT molecular complexity index is 908. The molecule has 0 aromatic heterocycles. The highest BCUT2D eigenvalue weighted by Gasteiger charge is 2.23. The average molecular weight is 467 g/mol. The molecular formula is C21H27BrN2O3S. The smallest absolute Gasteiger partial charge is 0.244 e. The molecule has 3 rings (SSSR count). The number of sulfonamides is 1. The molecule has 7 heteroatoms. The Morgan fingerprint density at radius 3 is 2.39 bits per heavy atom. The predicted octanol–water partition coefficient (Wildman–Crippen LogP) is 4.73. The van der Waals surface area contributed by atoms with Crippen molar-refractivity contribution in [2.45, 2.75) is 37.6 Å². The van der Waals surface area contributed by atoms with Crippen molar-refractivity contribution < 1.29 is 13.2 Å². The number of anilines is 1. The largest absolute Gasteiger partial charge is 0.495 e. The second-order valence-corrected chi connectivity index (χ2v) is 10.00. The molecule has 0 amide bonds. The molecule has 2 aromatic carbocycles. The fourth-order valence-electron chi connectivity index (χ4n) is 3.47. The molecule has 1 aliphatic rings. The summed E-state index contributed by atoms with van der Waals surface area (Å²) >= 11 is 3.33. The molecule has 0 unspecified atom stereocenters. The van der Waals surface area contributed by atoms with E-state index in [0.29, 0.717) is 10.2 Å². The molecule has 28 heavy (non-hydrogen) atoms. The molecule has 1 N–H and O–H groups in total. The molecule has 1 heterocycles. The zero-order chi connectivity index (χ0) is 20.3. The van der Waals surface area contributed by atoms with Crippen molar-refractivity contribution in [3.63, 3.8) is 0 Å². The molecule has 1 atom stereocenters. The van der Waals surface area contributed by atoms with Gasteiger partial charge in [-0.1, -0.05) is 35.0 Å². The first kappa shape index (κ1) is 21.1. The second kappa shape index (κ2) is 8.84. The van der Waals surface area contributed by atoms with Crippen LogP contribution in [0, 0.1) is 5.92 Å². The maximum absolute atomic E-state index is 12.9. The minimum Gasteiger partial charge on any atom is -0.495 e. The molecule has 0 aliphatic carbocycles. The molecule has 5 nitrogen and oxygen atoms in total. The van der Waals surface area contributed by atoms with Gasteiger partial charge in [-0.3, -0.25) is 0 Å². The molecule has 0 radical (unpaired) electrons. The van der Waals surface area contributed by atoms with E-state index in [0.717, 1.165) is 24.6 Å². The molecule has 0 bridgehead atoms. The van der Waals surface area contributed by atoms with Gasteiger partial charge in [0, 0.05) is 29.3 Å². The summed E-state index contributed by atoms with van der Waals surface area (Å²) in [6.07, 6.45) is 2.43. The summed E-state index contributed by atoms with van der Waals surface area (Å²) in [7, 11) is -2.26. The van der Waals surface area contributed by atoms with Gasteiger partial charge in [-0.15, -0.1) is 0 Å². The van der Waals surface area contributed by atoms with E-state index in [9.17, 15) is 8.42 Å². The van der Waals surface area contributed by atoms with Crippen LogP contribution in [0.5, 0.6) is 5.75 Å². The highest BCUT2D eigenvalue weighted by molar-refractivity contribution is 9.10. The number of piperidine rings is 1. The van der Waals surface area contributed by atoms with E-state index < -0.39 is 10.0 Å². The Hall–Kier alpha value is -1.57. The maximum atomic E-state index is 12.9. The Morgan fingerprint density at radius 2 is 1.79 bits per heavy atom. The average Bonchev–Trinajstić information content (AvgIpc) is 2.68. The van der Waals surface area contributed by atoms with Crippen LogP contribution >= 0.6 is 15.9 Å². The highest BCUT2D eigenvalue weighted by atomic mass is 79.9. The normalized spacial score (nSPS) is 16.8. The van der Waals surface area contributed by atoms with Crippen LogP contribution in [0.25, 0.3) is 0 Å². The lowest BCUT2D eigenvalue weighted by Crippen LogP contribution is -2.32. The first-order valence-electron chi connectivity index (χ1n) is 9.51. The van der Waals surface area contributed by atoms with E-state index >= 15 is 0 Å². The third-order valence-electron chi connectivity index (χ3n) is 5.29. The number of halogens is 1. The van der Waals surface area contributed by atoms with Crippen LogP contribution in [-0.2, 0) is 10.0 Å². The van der Waals surface area contributed by atoms with Gasteiger partial charge in [-0.05, 0) is 61.6 Å². The fourth-order valence-corrected chi connectivity index (χ4v) is 5.40. The number of ether oxygens (including phenoxy) is 1. The molecule has 0 spiro atoms. The minimum absolute atomic E-state index is 0.121. The second-order valence-electron chi connectivity index (χ2n) is 7.40. The van der Waals surface area contributed by atoms with E-state index in [4.69, 9.17) is 4.74 Å².